The fourth-order valence-corrected chi connectivity index (χ4v) is 5.96. The van der Waals surface area contributed by atoms with Crippen LogP contribution >= 0.6 is 22.9 Å². The van der Waals surface area contributed by atoms with Crippen molar-refractivity contribution < 1.29 is 14.3 Å². The molecule has 3 aliphatic rings. The standard InChI is InChI=1S/C20H17ClO3S/c1-9-12(8-15(25-9)10-2-4-11(21)5-3-10)16-19(22)17-13-6-7-14(24-13)18(17)20(16)23/h2-5,8,13-14,16-18H,6-7H2,1H3/t13-,14+,16?,17-,18+. The van der Waals surface area contributed by atoms with Crippen molar-refractivity contribution in [3.8, 4) is 10.4 Å². The van der Waals surface area contributed by atoms with Crippen molar-refractivity contribution in [1.82, 2.24) is 0 Å². The van der Waals surface area contributed by atoms with Gasteiger partial charge >= 0.3 is 0 Å². The van der Waals surface area contributed by atoms with Crippen LogP contribution in [0.2, 0.25) is 5.02 Å². The first-order valence-corrected chi connectivity index (χ1v) is 9.83. The lowest BCUT2D eigenvalue weighted by molar-refractivity contribution is -0.127. The molecule has 0 N–H and O–H groups in total. The van der Waals surface area contributed by atoms with E-state index >= 15 is 0 Å². The highest BCUT2D eigenvalue weighted by Gasteiger charge is 2.63. The van der Waals surface area contributed by atoms with Gasteiger partial charge in [0, 0.05) is 14.8 Å². The SMILES string of the molecule is Cc1sc(-c2ccc(Cl)cc2)cc1C1C(=O)[C@@H]2[C@H](C1=O)[C@H]1CC[C@@H]2O1. The number of hydrogen-bond donors (Lipinski definition) is 0. The number of fused-ring (bicyclic) bond motifs is 5. The zero-order valence-electron chi connectivity index (χ0n) is 13.7. The topological polar surface area (TPSA) is 43.4 Å². The number of aryl methyl sites for hydroxylation is 1. The molecule has 0 amide bonds. The quantitative estimate of drug-likeness (QED) is 0.733. The van der Waals surface area contributed by atoms with Crippen LogP contribution in [0.15, 0.2) is 30.3 Å². The second-order valence-electron chi connectivity index (χ2n) is 7.21. The summed E-state index contributed by atoms with van der Waals surface area (Å²) in [4.78, 5) is 28.1. The predicted octanol–water partition coefficient (Wildman–Crippen LogP) is 4.41. The number of benzene rings is 1. The van der Waals surface area contributed by atoms with Gasteiger partial charge in [0.1, 0.15) is 5.92 Å². The third-order valence-electron chi connectivity index (χ3n) is 5.90. The highest BCUT2D eigenvalue weighted by atomic mass is 35.5. The lowest BCUT2D eigenvalue weighted by Gasteiger charge is -2.16. The Labute approximate surface area is 155 Å². The second-order valence-corrected chi connectivity index (χ2v) is 8.90. The maximum atomic E-state index is 13.0. The molecular weight excluding hydrogens is 356 g/mol. The molecule has 2 saturated heterocycles. The third-order valence-corrected chi connectivity index (χ3v) is 7.26. The lowest BCUT2D eigenvalue weighted by Crippen LogP contribution is -2.29. The van der Waals surface area contributed by atoms with Crippen molar-refractivity contribution in [2.45, 2.75) is 37.9 Å². The fourth-order valence-electron chi connectivity index (χ4n) is 4.77. The van der Waals surface area contributed by atoms with Gasteiger partial charge in [-0.1, -0.05) is 23.7 Å². The number of hydrogen-bond acceptors (Lipinski definition) is 4. The number of halogens is 1. The number of carbonyl (C=O) groups excluding carboxylic acids is 2. The molecule has 2 aliphatic heterocycles. The summed E-state index contributed by atoms with van der Waals surface area (Å²) in [6, 6.07) is 9.68. The molecule has 5 atom stereocenters. The number of Topliss-reactive ketones (excluding diaryl/α,β-unsaturated/α-hetero) is 2. The molecule has 128 valence electrons. The molecule has 1 aromatic carbocycles. The van der Waals surface area contributed by atoms with E-state index in [0.29, 0.717) is 5.02 Å². The Hall–Kier alpha value is -1.49. The van der Waals surface area contributed by atoms with E-state index in [-0.39, 0.29) is 35.6 Å². The van der Waals surface area contributed by atoms with E-state index in [9.17, 15) is 9.59 Å². The molecular formula is C20H17ClO3S. The molecule has 3 heterocycles. The smallest absolute Gasteiger partial charge is 0.154 e. The molecule has 5 rings (SSSR count). The molecule has 2 aromatic rings. The van der Waals surface area contributed by atoms with Gasteiger partial charge < -0.3 is 4.74 Å². The van der Waals surface area contributed by atoms with Gasteiger partial charge in [0.15, 0.2) is 11.6 Å². The summed E-state index contributed by atoms with van der Waals surface area (Å²) in [5, 5.41) is 0.696. The van der Waals surface area contributed by atoms with Crippen LogP contribution in [0.4, 0.5) is 0 Å². The molecule has 1 saturated carbocycles. The molecule has 1 aliphatic carbocycles. The van der Waals surface area contributed by atoms with E-state index in [2.05, 4.69) is 0 Å². The Kier molecular flexibility index (Phi) is 3.46. The van der Waals surface area contributed by atoms with E-state index < -0.39 is 5.92 Å². The molecule has 2 bridgehead atoms. The van der Waals surface area contributed by atoms with Gasteiger partial charge in [-0.25, -0.2) is 0 Å². The van der Waals surface area contributed by atoms with Crippen LogP contribution in [-0.2, 0) is 14.3 Å². The molecule has 3 fully saturated rings. The average molecular weight is 373 g/mol. The summed E-state index contributed by atoms with van der Waals surface area (Å²) in [5.41, 5.74) is 1.95. The van der Waals surface area contributed by atoms with Crippen LogP contribution < -0.4 is 0 Å². The minimum absolute atomic E-state index is 0.0360. The summed E-state index contributed by atoms with van der Waals surface area (Å²) in [7, 11) is 0. The van der Waals surface area contributed by atoms with E-state index in [1.54, 1.807) is 11.3 Å². The number of rotatable bonds is 2. The van der Waals surface area contributed by atoms with Crippen LogP contribution in [0.5, 0.6) is 0 Å². The second kappa shape index (κ2) is 5.50. The number of ether oxygens (including phenoxy) is 1. The fraction of sp³-hybridized carbons (Fsp3) is 0.400. The Morgan fingerprint density at radius 1 is 1.04 bits per heavy atom. The first kappa shape index (κ1) is 15.7. The van der Waals surface area contributed by atoms with Crippen molar-refractivity contribution >= 4 is 34.5 Å². The zero-order chi connectivity index (χ0) is 17.3. The highest BCUT2D eigenvalue weighted by Crippen LogP contribution is 2.53. The van der Waals surface area contributed by atoms with Gasteiger partial charge in [0.05, 0.1) is 24.0 Å². The summed E-state index contributed by atoms with van der Waals surface area (Å²) in [5.74, 6) is -0.875. The number of ketones is 2. The summed E-state index contributed by atoms with van der Waals surface area (Å²) >= 11 is 7.60. The molecule has 1 aromatic heterocycles. The minimum Gasteiger partial charge on any atom is -0.373 e. The third kappa shape index (κ3) is 2.21. The van der Waals surface area contributed by atoms with Gasteiger partial charge in [0.25, 0.3) is 0 Å². The van der Waals surface area contributed by atoms with Gasteiger partial charge in [-0.3, -0.25) is 9.59 Å². The molecule has 3 nitrogen and oxygen atoms in total. The van der Waals surface area contributed by atoms with Gasteiger partial charge in [-0.05, 0) is 49.1 Å². The first-order valence-electron chi connectivity index (χ1n) is 8.64. The van der Waals surface area contributed by atoms with Crippen molar-refractivity contribution in [1.29, 1.82) is 0 Å². The summed E-state index contributed by atoms with van der Waals surface area (Å²) in [6.45, 7) is 2.00. The largest absolute Gasteiger partial charge is 0.373 e. The molecule has 0 spiro atoms. The summed E-state index contributed by atoms with van der Waals surface area (Å²) in [6.07, 6.45) is 1.75. The first-order chi connectivity index (χ1) is 12.0. The Morgan fingerprint density at radius 3 is 2.24 bits per heavy atom. The molecule has 1 unspecified atom stereocenters. The maximum absolute atomic E-state index is 13.0. The van der Waals surface area contributed by atoms with E-state index in [4.69, 9.17) is 16.3 Å². The van der Waals surface area contributed by atoms with Crippen LogP contribution in [0.25, 0.3) is 10.4 Å². The van der Waals surface area contributed by atoms with Crippen molar-refractivity contribution in [2.75, 3.05) is 0 Å². The van der Waals surface area contributed by atoms with Crippen LogP contribution in [0.1, 0.15) is 29.2 Å². The maximum Gasteiger partial charge on any atom is 0.154 e. The van der Waals surface area contributed by atoms with Crippen molar-refractivity contribution in [3.05, 3.63) is 45.8 Å². The number of thiophene rings is 1. The Morgan fingerprint density at radius 2 is 1.64 bits per heavy atom. The van der Waals surface area contributed by atoms with Crippen molar-refractivity contribution in [3.63, 3.8) is 0 Å². The van der Waals surface area contributed by atoms with E-state index in [1.165, 1.54) is 0 Å². The van der Waals surface area contributed by atoms with Crippen molar-refractivity contribution in [2.24, 2.45) is 11.8 Å². The van der Waals surface area contributed by atoms with E-state index in [1.807, 2.05) is 37.3 Å². The molecule has 25 heavy (non-hydrogen) atoms. The van der Waals surface area contributed by atoms with Crippen LogP contribution in [0, 0.1) is 18.8 Å². The van der Waals surface area contributed by atoms with Gasteiger partial charge in [0.2, 0.25) is 0 Å². The monoisotopic (exact) mass is 372 g/mol. The normalized spacial score (nSPS) is 33.3. The van der Waals surface area contributed by atoms with Crippen LogP contribution in [-0.4, -0.2) is 23.8 Å². The van der Waals surface area contributed by atoms with Gasteiger partial charge in [-0.15, -0.1) is 11.3 Å². The summed E-state index contributed by atoms with van der Waals surface area (Å²) < 4.78 is 5.83. The molecule has 0 radical (unpaired) electrons. The minimum atomic E-state index is -0.598. The Balaban J connectivity index is 1.53. The zero-order valence-corrected chi connectivity index (χ0v) is 15.3. The Bertz CT molecular complexity index is 857. The van der Waals surface area contributed by atoms with E-state index in [0.717, 1.165) is 33.7 Å². The number of carbonyl (C=O) groups is 2. The predicted molar refractivity (Wildman–Crippen MR) is 97.1 cm³/mol. The molecule has 5 heteroatoms. The van der Waals surface area contributed by atoms with Gasteiger partial charge in [-0.2, -0.15) is 0 Å². The average Bonchev–Trinajstić information content (AvgIpc) is 3.33. The lowest BCUT2D eigenvalue weighted by atomic mass is 9.81. The highest BCUT2D eigenvalue weighted by molar-refractivity contribution is 7.15. The van der Waals surface area contributed by atoms with Crippen LogP contribution in [0.3, 0.4) is 0 Å².